The van der Waals surface area contributed by atoms with Crippen LogP contribution < -0.4 is 16.0 Å². The average molecular weight is 437 g/mol. The summed E-state index contributed by atoms with van der Waals surface area (Å²) in [6, 6.07) is 17.0. The van der Waals surface area contributed by atoms with Crippen LogP contribution in [0.25, 0.3) is 0 Å². The molecule has 2 aromatic carbocycles. The Morgan fingerprint density at radius 2 is 1.66 bits per heavy atom. The van der Waals surface area contributed by atoms with E-state index in [4.69, 9.17) is 0 Å². The minimum Gasteiger partial charge on any atom is -0.352 e. The largest absolute Gasteiger partial charge is 0.352 e. The van der Waals surface area contributed by atoms with Crippen LogP contribution in [-0.4, -0.2) is 36.3 Å². The molecule has 0 atom stereocenters. The van der Waals surface area contributed by atoms with Crippen molar-refractivity contribution in [3.05, 3.63) is 65.7 Å². The number of nitrogens with zero attached hydrogens (tertiary/aromatic N) is 1. The monoisotopic (exact) mass is 436 g/mol. The van der Waals surface area contributed by atoms with Gasteiger partial charge < -0.3 is 20.9 Å². The molecule has 3 N–H and O–H groups in total. The van der Waals surface area contributed by atoms with Gasteiger partial charge in [-0.05, 0) is 36.1 Å². The zero-order valence-electron chi connectivity index (χ0n) is 18.6. The summed E-state index contributed by atoms with van der Waals surface area (Å²) in [7, 11) is 1.72. The molecular weight excluding hydrogens is 404 g/mol. The molecule has 2 aromatic rings. The smallest absolute Gasteiger partial charge is 0.317 e. The number of carbonyl (C=O) groups is 3. The molecular formula is C25H32N4O3. The zero-order valence-corrected chi connectivity index (χ0v) is 18.6. The molecule has 0 bridgehead atoms. The molecule has 0 heterocycles. The molecule has 0 unspecified atom stereocenters. The first kappa shape index (κ1) is 23.3. The van der Waals surface area contributed by atoms with Crippen LogP contribution in [-0.2, 0) is 22.7 Å². The van der Waals surface area contributed by atoms with Crippen LogP contribution in [0.2, 0.25) is 0 Å². The fourth-order valence-corrected chi connectivity index (χ4v) is 3.83. The fourth-order valence-electron chi connectivity index (χ4n) is 3.83. The Hall–Kier alpha value is -3.35. The van der Waals surface area contributed by atoms with Gasteiger partial charge in [-0.1, -0.05) is 55.3 Å². The molecule has 0 aliphatic heterocycles. The van der Waals surface area contributed by atoms with Crippen molar-refractivity contribution >= 4 is 23.5 Å². The lowest BCUT2D eigenvalue weighted by Gasteiger charge is -2.18. The number of hydrogen-bond acceptors (Lipinski definition) is 3. The Kier molecular flexibility index (Phi) is 8.66. The van der Waals surface area contributed by atoms with Gasteiger partial charge in [-0.2, -0.15) is 0 Å². The zero-order chi connectivity index (χ0) is 22.8. The highest BCUT2D eigenvalue weighted by Gasteiger charge is 2.22. The summed E-state index contributed by atoms with van der Waals surface area (Å²) in [5.41, 5.74) is 2.71. The van der Waals surface area contributed by atoms with Gasteiger partial charge in [0.05, 0.1) is 0 Å². The Labute approximate surface area is 189 Å². The Morgan fingerprint density at radius 1 is 0.938 bits per heavy atom. The van der Waals surface area contributed by atoms with E-state index in [1.807, 2.05) is 54.6 Å². The molecule has 32 heavy (non-hydrogen) atoms. The molecule has 170 valence electrons. The summed E-state index contributed by atoms with van der Waals surface area (Å²) in [6.07, 6.45) is 4.35. The van der Waals surface area contributed by atoms with E-state index in [2.05, 4.69) is 16.0 Å². The van der Waals surface area contributed by atoms with Gasteiger partial charge in [-0.3, -0.25) is 9.59 Å². The van der Waals surface area contributed by atoms with E-state index in [1.54, 1.807) is 11.9 Å². The lowest BCUT2D eigenvalue weighted by molar-refractivity contribution is -0.121. The third-order valence-corrected chi connectivity index (χ3v) is 5.65. The second-order valence-electron chi connectivity index (χ2n) is 8.27. The van der Waals surface area contributed by atoms with E-state index < -0.39 is 0 Å². The standard InChI is InChI=1S/C25H32N4O3/c1-29(18-19-8-3-2-4-9-19)25(32)26-15-14-23(30)27-17-20-10-7-13-22(16-20)28-24(31)21-11-5-6-12-21/h2-4,7-10,13,16,21H,5-6,11-12,14-15,17-18H2,1H3,(H,26,32)(H,27,30)(H,28,31). The van der Waals surface area contributed by atoms with Crippen molar-refractivity contribution in [2.45, 2.75) is 45.2 Å². The maximum absolute atomic E-state index is 12.3. The van der Waals surface area contributed by atoms with Crippen LogP contribution in [0.15, 0.2) is 54.6 Å². The van der Waals surface area contributed by atoms with E-state index in [0.29, 0.717) is 13.1 Å². The first-order valence-corrected chi connectivity index (χ1v) is 11.2. The normalized spacial score (nSPS) is 13.4. The van der Waals surface area contributed by atoms with Crippen LogP contribution in [0, 0.1) is 5.92 Å². The van der Waals surface area contributed by atoms with Crippen molar-refractivity contribution < 1.29 is 14.4 Å². The SMILES string of the molecule is CN(Cc1ccccc1)C(=O)NCCC(=O)NCc1cccc(NC(=O)C2CCCC2)c1. The highest BCUT2D eigenvalue weighted by atomic mass is 16.2. The quantitative estimate of drug-likeness (QED) is 0.560. The van der Waals surface area contributed by atoms with E-state index >= 15 is 0 Å². The third kappa shape index (κ3) is 7.41. The van der Waals surface area contributed by atoms with Gasteiger partial charge in [-0.15, -0.1) is 0 Å². The molecule has 0 saturated heterocycles. The maximum Gasteiger partial charge on any atom is 0.317 e. The van der Waals surface area contributed by atoms with Gasteiger partial charge in [-0.25, -0.2) is 4.79 Å². The molecule has 7 heteroatoms. The van der Waals surface area contributed by atoms with Crippen LogP contribution in [0.5, 0.6) is 0 Å². The molecule has 4 amide bonds. The second-order valence-corrected chi connectivity index (χ2v) is 8.27. The summed E-state index contributed by atoms with van der Waals surface area (Å²) >= 11 is 0. The summed E-state index contributed by atoms with van der Waals surface area (Å²) in [5, 5.41) is 8.61. The van der Waals surface area contributed by atoms with Crippen molar-refractivity contribution in [3.8, 4) is 0 Å². The minimum atomic E-state index is -0.215. The molecule has 0 spiro atoms. The van der Waals surface area contributed by atoms with E-state index in [1.165, 1.54) is 0 Å². The third-order valence-electron chi connectivity index (χ3n) is 5.65. The summed E-state index contributed by atoms with van der Waals surface area (Å²) < 4.78 is 0. The molecule has 1 aliphatic carbocycles. The topological polar surface area (TPSA) is 90.5 Å². The van der Waals surface area contributed by atoms with Gasteiger partial charge in [0.15, 0.2) is 0 Å². The van der Waals surface area contributed by atoms with Gasteiger partial charge in [0.1, 0.15) is 0 Å². The van der Waals surface area contributed by atoms with Crippen LogP contribution >= 0.6 is 0 Å². The average Bonchev–Trinajstić information content (AvgIpc) is 3.34. The van der Waals surface area contributed by atoms with Gasteiger partial charge in [0.2, 0.25) is 11.8 Å². The summed E-state index contributed by atoms with van der Waals surface area (Å²) in [6.45, 7) is 1.14. The molecule has 1 aliphatic rings. The highest BCUT2D eigenvalue weighted by molar-refractivity contribution is 5.92. The predicted molar refractivity (Wildman–Crippen MR) is 125 cm³/mol. The number of hydrogen-bond donors (Lipinski definition) is 3. The van der Waals surface area contributed by atoms with Crippen LogP contribution in [0.3, 0.4) is 0 Å². The molecule has 3 rings (SSSR count). The Morgan fingerprint density at radius 3 is 2.41 bits per heavy atom. The first-order valence-electron chi connectivity index (χ1n) is 11.2. The lowest BCUT2D eigenvalue weighted by Crippen LogP contribution is -2.38. The molecule has 0 aromatic heterocycles. The second kappa shape index (κ2) is 11.9. The van der Waals surface area contributed by atoms with E-state index in [9.17, 15) is 14.4 Å². The number of nitrogens with one attached hydrogen (secondary N) is 3. The number of carbonyl (C=O) groups excluding carboxylic acids is 3. The molecule has 1 saturated carbocycles. The van der Waals surface area contributed by atoms with Crippen molar-refractivity contribution in [1.29, 1.82) is 0 Å². The number of rotatable bonds is 9. The highest BCUT2D eigenvalue weighted by Crippen LogP contribution is 2.26. The van der Waals surface area contributed by atoms with Crippen molar-refractivity contribution in [3.63, 3.8) is 0 Å². The van der Waals surface area contributed by atoms with E-state index in [0.717, 1.165) is 42.5 Å². The maximum atomic E-state index is 12.3. The summed E-state index contributed by atoms with van der Waals surface area (Å²) in [4.78, 5) is 38.2. The van der Waals surface area contributed by atoms with Gasteiger partial charge >= 0.3 is 6.03 Å². The number of amides is 4. The molecule has 0 radical (unpaired) electrons. The van der Waals surface area contributed by atoms with Gasteiger partial charge in [0.25, 0.3) is 0 Å². The van der Waals surface area contributed by atoms with Crippen LogP contribution in [0.4, 0.5) is 10.5 Å². The van der Waals surface area contributed by atoms with Crippen molar-refractivity contribution in [2.24, 2.45) is 5.92 Å². The number of anilines is 1. The van der Waals surface area contributed by atoms with Crippen LogP contribution in [0.1, 0.15) is 43.2 Å². The lowest BCUT2D eigenvalue weighted by atomic mass is 10.1. The minimum absolute atomic E-state index is 0.0802. The van der Waals surface area contributed by atoms with E-state index in [-0.39, 0.29) is 36.7 Å². The van der Waals surface area contributed by atoms with Crippen molar-refractivity contribution in [1.82, 2.24) is 15.5 Å². The predicted octanol–water partition coefficient (Wildman–Crippen LogP) is 3.66. The Bertz CT molecular complexity index is 910. The fraction of sp³-hybridized carbons (Fsp3) is 0.400. The Balaban J connectivity index is 1.35. The van der Waals surface area contributed by atoms with Gasteiger partial charge in [0, 0.05) is 44.7 Å². The number of urea groups is 1. The molecule has 7 nitrogen and oxygen atoms in total. The van der Waals surface area contributed by atoms with Crippen molar-refractivity contribution in [2.75, 3.05) is 18.9 Å². The molecule has 1 fully saturated rings. The number of benzene rings is 2. The first-order chi connectivity index (χ1) is 15.5. The summed E-state index contributed by atoms with van der Waals surface area (Å²) in [5.74, 6) is 0.0494.